The Labute approximate surface area is 135 Å². The van der Waals surface area contributed by atoms with Gasteiger partial charge >= 0.3 is 0 Å². The van der Waals surface area contributed by atoms with E-state index in [0.717, 1.165) is 22.4 Å². The lowest BCUT2D eigenvalue weighted by molar-refractivity contribution is 0.277. The molecule has 0 atom stereocenters. The average molecular weight is 308 g/mol. The summed E-state index contributed by atoms with van der Waals surface area (Å²) in [4.78, 5) is 7.83. The van der Waals surface area contributed by atoms with Crippen LogP contribution in [-0.4, -0.2) is 17.1 Å². The van der Waals surface area contributed by atoms with E-state index < -0.39 is 0 Å². The molecule has 3 rings (SSSR count). The van der Waals surface area contributed by atoms with Crippen molar-refractivity contribution in [3.05, 3.63) is 59.4 Å². The summed E-state index contributed by atoms with van der Waals surface area (Å²) in [7, 11) is 1.64. The summed E-state index contributed by atoms with van der Waals surface area (Å²) in [5, 5.41) is 0. The minimum Gasteiger partial charge on any atom is -0.493 e. The highest BCUT2D eigenvalue weighted by molar-refractivity contribution is 5.75. The van der Waals surface area contributed by atoms with Crippen LogP contribution in [0, 0.1) is 6.92 Å². The quantitative estimate of drug-likeness (QED) is 0.755. The third-order valence-electron chi connectivity index (χ3n) is 3.60. The highest BCUT2D eigenvalue weighted by Gasteiger charge is 2.08. The topological polar surface area (TPSA) is 47.1 Å². The molecule has 3 aromatic rings. The molecule has 0 radical (unpaired) electrons. The monoisotopic (exact) mass is 308 g/mol. The minimum atomic E-state index is 0.368. The summed E-state index contributed by atoms with van der Waals surface area (Å²) in [6.07, 6.45) is 4.01. The predicted molar refractivity (Wildman–Crippen MR) is 92.9 cm³/mol. The number of aromatic nitrogens is 2. The number of benzene rings is 2. The largest absolute Gasteiger partial charge is 0.493 e. The summed E-state index contributed by atoms with van der Waals surface area (Å²) < 4.78 is 11.3. The lowest BCUT2D eigenvalue weighted by atomic mass is 10.2. The standard InChI is InChI=1S/C19H20N2O2/c1-4-5-14-7-9-17(18(11-14)22-3)23-12-19-20-15-8-6-13(2)10-16(15)21-19/h4-11H,12H2,1-3H3,(H,20,21)/b5-4-. The van der Waals surface area contributed by atoms with E-state index in [0.29, 0.717) is 18.1 Å². The lowest BCUT2D eigenvalue weighted by Crippen LogP contribution is -1.99. The van der Waals surface area contributed by atoms with Gasteiger partial charge in [0.05, 0.1) is 18.1 Å². The molecular formula is C19H20N2O2. The first-order valence-corrected chi connectivity index (χ1v) is 7.58. The van der Waals surface area contributed by atoms with Gasteiger partial charge in [-0.25, -0.2) is 4.98 Å². The van der Waals surface area contributed by atoms with Crippen molar-refractivity contribution in [2.75, 3.05) is 7.11 Å². The SMILES string of the molecule is C/C=C\c1ccc(OCc2nc3ccc(C)cc3[nH]2)c(OC)c1. The fourth-order valence-electron chi connectivity index (χ4n) is 2.49. The van der Waals surface area contributed by atoms with E-state index in [4.69, 9.17) is 9.47 Å². The molecule has 23 heavy (non-hydrogen) atoms. The third kappa shape index (κ3) is 3.37. The Kier molecular flexibility index (Phi) is 4.33. The number of fused-ring (bicyclic) bond motifs is 1. The first kappa shape index (κ1) is 15.2. The maximum absolute atomic E-state index is 5.86. The molecule has 4 nitrogen and oxygen atoms in total. The van der Waals surface area contributed by atoms with Crippen LogP contribution in [0.4, 0.5) is 0 Å². The zero-order valence-electron chi connectivity index (χ0n) is 13.6. The van der Waals surface area contributed by atoms with Crippen LogP contribution in [0.5, 0.6) is 11.5 Å². The number of rotatable bonds is 5. The second-order valence-corrected chi connectivity index (χ2v) is 5.40. The number of nitrogens with one attached hydrogen (secondary N) is 1. The van der Waals surface area contributed by atoms with Crippen molar-refractivity contribution in [3.8, 4) is 11.5 Å². The van der Waals surface area contributed by atoms with Gasteiger partial charge in [0.2, 0.25) is 0 Å². The van der Waals surface area contributed by atoms with Crippen molar-refractivity contribution in [1.82, 2.24) is 9.97 Å². The smallest absolute Gasteiger partial charge is 0.161 e. The Morgan fingerprint density at radius 3 is 2.78 bits per heavy atom. The number of nitrogens with zero attached hydrogens (tertiary/aromatic N) is 1. The normalized spacial score (nSPS) is 11.3. The Morgan fingerprint density at radius 2 is 2.00 bits per heavy atom. The van der Waals surface area contributed by atoms with E-state index in [9.17, 15) is 0 Å². The summed E-state index contributed by atoms with van der Waals surface area (Å²) in [5.74, 6) is 2.22. The van der Waals surface area contributed by atoms with Crippen LogP contribution in [0.25, 0.3) is 17.1 Å². The highest BCUT2D eigenvalue weighted by atomic mass is 16.5. The summed E-state index contributed by atoms with van der Waals surface area (Å²) in [5.41, 5.74) is 4.26. The molecule has 0 spiro atoms. The second kappa shape index (κ2) is 6.57. The van der Waals surface area contributed by atoms with E-state index in [1.165, 1.54) is 5.56 Å². The first-order chi connectivity index (χ1) is 11.2. The molecule has 0 aliphatic rings. The maximum Gasteiger partial charge on any atom is 0.161 e. The van der Waals surface area contributed by atoms with Crippen LogP contribution < -0.4 is 9.47 Å². The zero-order chi connectivity index (χ0) is 16.2. The first-order valence-electron chi connectivity index (χ1n) is 7.58. The number of hydrogen-bond acceptors (Lipinski definition) is 3. The molecule has 1 heterocycles. The predicted octanol–water partition coefficient (Wildman–Crippen LogP) is 4.49. The van der Waals surface area contributed by atoms with Crippen molar-refractivity contribution in [2.24, 2.45) is 0 Å². The molecule has 2 aromatic carbocycles. The van der Waals surface area contributed by atoms with Gasteiger partial charge in [-0.05, 0) is 49.2 Å². The number of aromatic amines is 1. The number of aryl methyl sites for hydroxylation is 1. The van der Waals surface area contributed by atoms with Crippen molar-refractivity contribution in [2.45, 2.75) is 20.5 Å². The molecule has 4 heteroatoms. The summed E-state index contributed by atoms with van der Waals surface area (Å²) in [6, 6.07) is 12.0. The summed E-state index contributed by atoms with van der Waals surface area (Å²) >= 11 is 0. The van der Waals surface area contributed by atoms with E-state index in [1.807, 2.05) is 43.3 Å². The van der Waals surface area contributed by atoms with Crippen molar-refractivity contribution >= 4 is 17.1 Å². The zero-order valence-corrected chi connectivity index (χ0v) is 13.6. The van der Waals surface area contributed by atoms with Gasteiger partial charge in [-0.15, -0.1) is 0 Å². The molecule has 1 N–H and O–H groups in total. The third-order valence-corrected chi connectivity index (χ3v) is 3.60. The van der Waals surface area contributed by atoms with Gasteiger partial charge < -0.3 is 14.5 Å². The van der Waals surface area contributed by atoms with Gasteiger partial charge in [0.25, 0.3) is 0 Å². The molecule has 118 valence electrons. The van der Waals surface area contributed by atoms with E-state index in [-0.39, 0.29) is 0 Å². The van der Waals surface area contributed by atoms with Gasteiger partial charge in [0.15, 0.2) is 11.5 Å². The maximum atomic E-state index is 5.86. The molecular weight excluding hydrogens is 288 g/mol. The molecule has 0 aliphatic heterocycles. The Morgan fingerprint density at radius 1 is 1.13 bits per heavy atom. The Bertz CT molecular complexity index is 850. The van der Waals surface area contributed by atoms with E-state index in [1.54, 1.807) is 7.11 Å². The fraction of sp³-hybridized carbons (Fsp3) is 0.211. The van der Waals surface area contributed by atoms with Crippen LogP contribution in [0.1, 0.15) is 23.9 Å². The molecule has 1 aromatic heterocycles. The van der Waals surface area contributed by atoms with E-state index >= 15 is 0 Å². The van der Waals surface area contributed by atoms with Gasteiger partial charge in [-0.2, -0.15) is 0 Å². The molecule has 0 saturated carbocycles. The van der Waals surface area contributed by atoms with Crippen molar-refractivity contribution < 1.29 is 9.47 Å². The summed E-state index contributed by atoms with van der Waals surface area (Å²) in [6.45, 7) is 4.42. The lowest BCUT2D eigenvalue weighted by Gasteiger charge is -2.10. The van der Waals surface area contributed by atoms with Gasteiger partial charge in [0.1, 0.15) is 12.4 Å². The average Bonchev–Trinajstić information content (AvgIpc) is 2.95. The number of H-pyrrole nitrogens is 1. The number of allylic oxidation sites excluding steroid dienone is 1. The number of imidazole rings is 1. The number of methoxy groups -OCH3 is 1. The van der Waals surface area contributed by atoms with E-state index in [2.05, 4.69) is 29.0 Å². The van der Waals surface area contributed by atoms with Crippen LogP contribution >= 0.6 is 0 Å². The molecule has 0 bridgehead atoms. The molecule has 0 amide bonds. The van der Waals surface area contributed by atoms with Gasteiger partial charge in [0, 0.05) is 0 Å². The second-order valence-electron chi connectivity index (χ2n) is 5.40. The molecule has 0 aliphatic carbocycles. The Hall–Kier alpha value is -2.75. The molecule has 0 fully saturated rings. The van der Waals surface area contributed by atoms with Crippen molar-refractivity contribution in [1.29, 1.82) is 0 Å². The van der Waals surface area contributed by atoms with Crippen molar-refractivity contribution in [3.63, 3.8) is 0 Å². The van der Waals surface area contributed by atoms with Crippen LogP contribution in [0.15, 0.2) is 42.5 Å². The van der Waals surface area contributed by atoms with Crippen LogP contribution in [0.3, 0.4) is 0 Å². The fourth-order valence-corrected chi connectivity index (χ4v) is 2.49. The van der Waals surface area contributed by atoms with Crippen LogP contribution in [0.2, 0.25) is 0 Å². The van der Waals surface area contributed by atoms with Gasteiger partial charge in [-0.3, -0.25) is 0 Å². The highest BCUT2D eigenvalue weighted by Crippen LogP contribution is 2.29. The van der Waals surface area contributed by atoms with Gasteiger partial charge in [-0.1, -0.05) is 24.3 Å². The number of hydrogen-bond donors (Lipinski definition) is 1. The molecule has 0 unspecified atom stereocenters. The minimum absolute atomic E-state index is 0.368. The molecule has 0 saturated heterocycles. The number of ether oxygens (including phenoxy) is 2. The van der Waals surface area contributed by atoms with Crippen LogP contribution in [-0.2, 0) is 6.61 Å². The Balaban J connectivity index is 1.78.